The molecule has 108 valence electrons. The highest BCUT2D eigenvalue weighted by molar-refractivity contribution is 5.35. The zero-order chi connectivity index (χ0) is 14.1. The molecule has 3 heteroatoms. The summed E-state index contributed by atoms with van der Waals surface area (Å²) < 4.78 is 18.7. The molecule has 0 aromatic heterocycles. The first-order chi connectivity index (χ1) is 9.15. The maximum absolute atomic E-state index is 13.2. The first-order valence-corrected chi connectivity index (χ1v) is 7.25. The van der Waals surface area contributed by atoms with E-state index in [1.807, 2.05) is 0 Å². The van der Waals surface area contributed by atoms with E-state index >= 15 is 0 Å². The molecule has 0 aliphatic carbocycles. The molecule has 0 saturated heterocycles. The number of ether oxygens (including phenoxy) is 1. The van der Waals surface area contributed by atoms with Crippen LogP contribution in [0.1, 0.15) is 64.0 Å². The molecule has 1 N–H and O–H groups in total. The second-order valence-corrected chi connectivity index (χ2v) is 4.97. The van der Waals surface area contributed by atoms with Gasteiger partial charge in [0.05, 0.1) is 12.7 Å². The van der Waals surface area contributed by atoms with Crippen LogP contribution in [0.15, 0.2) is 18.2 Å². The topological polar surface area (TPSA) is 29.5 Å². The molecule has 0 radical (unpaired) electrons. The van der Waals surface area contributed by atoms with Crippen LogP contribution in [0.4, 0.5) is 4.39 Å². The van der Waals surface area contributed by atoms with E-state index in [1.54, 1.807) is 13.0 Å². The van der Waals surface area contributed by atoms with Gasteiger partial charge in [-0.05, 0) is 25.5 Å². The second kappa shape index (κ2) is 8.92. The number of rotatable bonds is 9. The average molecular weight is 268 g/mol. The van der Waals surface area contributed by atoms with Crippen molar-refractivity contribution in [2.45, 2.75) is 58.5 Å². The summed E-state index contributed by atoms with van der Waals surface area (Å²) in [7, 11) is 0. The molecule has 1 unspecified atom stereocenters. The van der Waals surface area contributed by atoms with Gasteiger partial charge in [-0.15, -0.1) is 0 Å². The number of hydrogen-bond acceptors (Lipinski definition) is 2. The summed E-state index contributed by atoms with van der Waals surface area (Å²) in [6.07, 6.45) is 6.51. The molecule has 0 heterocycles. The van der Waals surface area contributed by atoms with Crippen molar-refractivity contribution in [1.29, 1.82) is 0 Å². The van der Waals surface area contributed by atoms with Crippen LogP contribution in [0.2, 0.25) is 0 Å². The van der Waals surface area contributed by atoms with E-state index < -0.39 is 6.10 Å². The van der Waals surface area contributed by atoms with Crippen molar-refractivity contribution in [3.05, 3.63) is 29.6 Å². The third-order valence-corrected chi connectivity index (χ3v) is 3.18. The highest BCUT2D eigenvalue weighted by Crippen LogP contribution is 2.26. The van der Waals surface area contributed by atoms with Gasteiger partial charge < -0.3 is 9.84 Å². The maximum atomic E-state index is 13.2. The van der Waals surface area contributed by atoms with Crippen LogP contribution in [0.25, 0.3) is 0 Å². The van der Waals surface area contributed by atoms with E-state index in [2.05, 4.69) is 6.92 Å². The quantitative estimate of drug-likeness (QED) is 0.662. The zero-order valence-electron chi connectivity index (χ0n) is 12.0. The fraction of sp³-hybridized carbons (Fsp3) is 0.625. The van der Waals surface area contributed by atoms with Crippen LogP contribution in [-0.2, 0) is 0 Å². The van der Waals surface area contributed by atoms with Crippen LogP contribution in [0, 0.1) is 5.82 Å². The Balaban J connectivity index is 2.34. The van der Waals surface area contributed by atoms with E-state index in [4.69, 9.17) is 4.74 Å². The van der Waals surface area contributed by atoms with Gasteiger partial charge in [-0.3, -0.25) is 0 Å². The number of benzene rings is 1. The first kappa shape index (κ1) is 16.0. The van der Waals surface area contributed by atoms with Gasteiger partial charge in [0.15, 0.2) is 0 Å². The van der Waals surface area contributed by atoms with Crippen LogP contribution < -0.4 is 4.74 Å². The van der Waals surface area contributed by atoms with Crippen LogP contribution in [0.5, 0.6) is 5.75 Å². The molecule has 0 fully saturated rings. The number of halogens is 1. The monoisotopic (exact) mass is 268 g/mol. The standard InChI is InChI=1S/C16H25FO2/c1-3-4-5-6-7-8-11-19-16-12-14(17)9-10-15(16)13(2)18/h9-10,12-13,18H,3-8,11H2,1-2H3. The van der Waals surface area contributed by atoms with Crippen molar-refractivity contribution < 1.29 is 14.2 Å². The van der Waals surface area contributed by atoms with Crippen LogP contribution in [0.3, 0.4) is 0 Å². The molecule has 0 spiro atoms. The number of unbranched alkanes of at least 4 members (excludes halogenated alkanes) is 5. The van der Waals surface area contributed by atoms with E-state index in [0.29, 0.717) is 17.9 Å². The highest BCUT2D eigenvalue weighted by Gasteiger charge is 2.10. The van der Waals surface area contributed by atoms with Crippen molar-refractivity contribution in [1.82, 2.24) is 0 Å². The van der Waals surface area contributed by atoms with Gasteiger partial charge in [-0.25, -0.2) is 4.39 Å². The highest BCUT2D eigenvalue weighted by atomic mass is 19.1. The predicted molar refractivity (Wildman–Crippen MR) is 75.9 cm³/mol. The molecular weight excluding hydrogens is 243 g/mol. The van der Waals surface area contributed by atoms with E-state index in [1.165, 1.54) is 37.8 Å². The molecule has 0 bridgehead atoms. The Morgan fingerprint density at radius 1 is 1.16 bits per heavy atom. The van der Waals surface area contributed by atoms with Crippen molar-refractivity contribution in [3.63, 3.8) is 0 Å². The number of aliphatic hydroxyl groups is 1. The van der Waals surface area contributed by atoms with Crippen LogP contribution >= 0.6 is 0 Å². The van der Waals surface area contributed by atoms with Gasteiger partial charge in [0.1, 0.15) is 11.6 Å². The Kier molecular flexibility index (Phi) is 7.49. The van der Waals surface area contributed by atoms with Crippen molar-refractivity contribution in [2.75, 3.05) is 6.61 Å². The minimum Gasteiger partial charge on any atom is -0.493 e. The molecule has 0 aliphatic rings. The summed E-state index contributed by atoms with van der Waals surface area (Å²) >= 11 is 0. The van der Waals surface area contributed by atoms with Gasteiger partial charge in [0.2, 0.25) is 0 Å². The van der Waals surface area contributed by atoms with Crippen molar-refractivity contribution in [3.8, 4) is 5.75 Å². The van der Waals surface area contributed by atoms with Crippen molar-refractivity contribution >= 4 is 0 Å². The average Bonchev–Trinajstić information content (AvgIpc) is 2.37. The molecule has 0 amide bonds. The lowest BCUT2D eigenvalue weighted by Gasteiger charge is -2.13. The van der Waals surface area contributed by atoms with Gasteiger partial charge in [0, 0.05) is 11.6 Å². The molecule has 2 nitrogen and oxygen atoms in total. The molecule has 1 aromatic rings. The smallest absolute Gasteiger partial charge is 0.127 e. The molecule has 0 saturated carbocycles. The fourth-order valence-electron chi connectivity index (χ4n) is 2.04. The summed E-state index contributed by atoms with van der Waals surface area (Å²) in [4.78, 5) is 0. The molecule has 1 aromatic carbocycles. The molecule has 1 atom stereocenters. The maximum Gasteiger partial charge on any atom is 0.127 e. The van der Waals surface area contributed by atoms with Gasteiger partial charge in [0.25, 0.3) is 0 Å². The fourth-order valence-corrected chi connectivity index (χ4v) is 2.04. The third kappa shape index (κ3) is 6.06. The van der Waals surface area contributed by atoms with E-state index in [0.717, 1.165) is 12.8 Å². The normalized spacial score (nSPS) is 12.4. The number of hydrogen-bond donors (Lipinski definition) is 1. The molecule has 1 rings (SSSR count). The second-order valence-electron chi connectivity index (χ2n) is 4.97. The zero-order valence-corrected chi connectivity index (χ0v) is 12.0. The molecule has 0 aliphatic heterocycles. The lowest BCUT2D eigenvalue weighted by atomic mass is 10.1. The summed E-state index contributed by atoms with van der Waals surface area (Å²) in [6, 6.07) is 4.27. The molecule has 19 heavy (non-hydrogen) atoms. The minimum absolute atomic E-state index is 0.331. The van der Waals surface area contributed by atoms with Crippen molar-refractivity contribution in [2.24, 2.45) is 0 Å². The Bertz CT molecular complexity index is 364. The summed E-state index contributed by atoms with van der Waals surface area (Å²) in [5, 5.41) is 9.59. The Labute approximate surface area is 115 Å². The summed E-state index contributed by atoms with van der Waals surface area (Å²) in [5.74, 6) is 0.130. The molecular formula is C16H25FO2. The third-order valence-electron chi connectivity index (χ3n) is 3.18. The Morgan fingerprint density at radius 3 is 2.53 bits per heavy atom. The number of aliphatic hydroxyl groups excluding tert-OH is 1. The SMILES string of the molecule is CCCCCCCCOc1cc(F)ccc1C(C)O. The Morgan fingerprint density at radius 2 is 1.84 bits per heavy atom. The van der Waals surface area contributed by atoms with E-state index in [9.17, 15) is 9.50 Å². The largest absolute Gasteiger partial charge is 0.493 e. The first-order valence-electron chi connectivity index (χ1n) is 7.25. The predicted octanol–water partition coefficient (Wildman–Crippen LogP) is 4.62. The lowest BCUT2D eigenvalue weighted by molar-refractivity contribution is 0.190. The minimum atomic E-state index is -0.639. The summed E-state index contributed by atoms with van der Waals surface area (Å²) in [6.45, 7) is 4.44. The lowest BCUT2D eigenvalue weighted by Crippen LogP contribution is -2.03. The van der Waals surface area contributed by atoms with Crippen LogP contribution in [-0.4, -0.2) is 11.7 Å². The summed E-state index contributed by atoms with van der Waals surface area (Å²) in [5.41, 5.74) is 0.646. The van der Waals surface area contributed by atoms with Gasteiger partial charge in [-0.2, -0.15) is 0 Å². The van der Waals surface area contributed by atoms with Gasteiger partial charge in [-0.1, -0.05) is 39.0 Å². The Hall–Kier alpha value is -1.09. The van der Waals surface area contributed by atoms with E-state index in [-0.39, 0.29) is 5.82 Å². The van der Waals surface area contributed by atoms with Gasteiger partial charge >= 0.3 is 0 Å².